The molecule has 0 fully saturated rings. The molecule has 0 N–H and O–H groups in total. The predicted molar refractivity (Wildman–Crippen MR) is 90.0 cm³/mol. The van der Waals surface area contributed by atoms with Gasteiger partial charge in [0.25, 0.3) is 0 Å². The van der Waals surface area contributed by atoms with Crippen molar-refractivity contribution in [2.45, 2.75) is 5.88 Å². The molecule has 4 heteroatoms. The fourth-order valence-electron chi connectivity index (χ4n) is 2.15. The van der Waals surface area contributed by atoms with Crippen LogP contribution in [0.5, 0.6) is 11.5 Å². The van der Waals surface area contributed by atoms with Crippen LogP contribution in [0.4, 0.5) is 0 Å². The smallest absolute Gasteiger partial charge is 0.146 e. The Labute approximate surface area is 138 Å². The van der Waals surface area contributed by atoms with Crippen LogP contribution in [-0.4, -0.2) is 0 Å². The summed E-state index contributed by atoms with van der Waals surface area (Å²) < 4.78 is 5.94. The van der Waals surface area contributed by atoms with Gasteiger partial charge in [0.2, 0.25) is 0 Å². The molecule has 0 saturated heterocycles. The standard InChI is InChI=1S/C17H11Cl3O/c18-10-11-5-7-17(15(20)9-11)21-16-8-6-14(19)12-3-1-2-4-13(12)16/h1-9H,10H2. The lowest BCUT2D eigenvalue weighted by Crippen LogP contribution is -1.88. The average Bonchev–Trinajstić information content (AvgIpc) is 2.52. The fourth-order valence-corrected chi connectivity index (χ4v) is 2.79. The molecule has 0 atom stereocenters. The molecule has 3 aromatic rings. The van der Waals surface area contributed by atoms with Gasteiger partial charge in [0.15, 0.2) is 0 Å². The molecule has 0 heterocycles. The molecule has 0 bridgehead atoms. The minimum atomic E-state index is 0.421. The molecular weight excluding hydrogens is 327 g/mol. The summed E-state index contributed by atoms with van der Waals surface area (Å²) in [6.45, 7) is 0. The Morgan fingerprint density at radius 2 is 1.48 bits per heavy atom. The van der Waals surface area contributed by atoms with Crippen molar-refractivity contribution < 1.29 is 4.74 Å². The van der Waals surface area contributed by atoms with E-state index in [1.54, 1.807) is 0 Å². The first kappa shape index (κ1) is 14.5. The van der Waals surface area contributed by atoms with E-state index in [4.69, 9.17) is 39.5 Å². The second-order valence-corrected chi connectivity index (χ2v) is 5.67. The Hall–Kier alpha value is -1.41. The van der Waals surface area contributed by atoms with Crippen LogP contribution in [0.1, 0.15) is 5.56 Å². The Kier molecular flexibility index (Phi) is 4.25. The molecule has 3 aromatic carbocycles. The molecule has 1 nitrogen and oxygen atoms in total. The molecule has 0 radical (unpaired) electrons. The topological polar surface area (TPSA) is 9.23 Å². The molecule has 0 aliphatic carbocycles. The molecule has 0 aliphatic heterocycles. The molecule has 0 aliphatic rings. The fraction of sp³-hybridized carbons (Fsp3) is 0.0588. The first-order chi connectivity index (χ1) is 10.2. The molecular formula is C17H11Cl3O. The van der Waals surface area contributed by atoms with Crippen LogP contribution >= 0.6 is 34.8 Å². The van der Waals surface area contributed by atoms with E-state index in [9.17, 15) is 0 Å². The minimum Gasteiger partial charge on any atom is -0.455 e. The molecule has 0 amide bonds. The van der Waals surface area contributed by atoms with E-state index in [0.29, 0.717) is 21.7 Å². The normalized spacial score (nSPS) is 10.8. The van der Waals surface area contributed by atoms with Crippen molar-refractivity contribution in [2.75, 3.05) is 0 Å². The van der Waals surface area contributed by atoms with E-state index in [0.717, 1.165) is 22.1 Å². The van der Waals surface area contributed by atoms with Crippen LogP contribution in [0.15, 0.2) is 54.6 Å². The zero-order valence-corrected chi connectivity index (χ0v) is 13.2. The Bertz CT molecular complexity index is 799. The summed E-state index contributed by atoms with van der Waals surface area (Å²) in [5, 5.41) is 3.13. The van der Waals surface area contributed by atoms with E-state index in [1.165, 1.54) is 0 Å². The number of hydrogen-bond acceptors (Lipinski definition) is 1. The number of rotatable bonds is 3. The third-order valence-corrected chi connectivity index (χ3v) is 4.13. The van der Waals surface area contributed by atoms with Gasteiger partial charge in [-0.3, -0.25) is 0 Å². The van der Waals surface area contributed by atoms with E-state index >= 15 is 0 Å². The van der Waals surface area contributed by atoms with Crippen molar-refractivity contribution in [3.63, 3.8) is 0 Å². The highest BCUT2D eigenvalue weighted by Crippen LogP contribution is 2.36. The van der Waals surface area contributed by atoms with E-state index in [2.05, 4.69) is 0 Å². The van der Waals surface area contributed by atoms with Crippen LogP contribution < -0.4 is 4.74 Å². The number of alkyl halides is 1. The van der Waals surface area contributed by atoms with Crippen LogP contribution in [0.25, 0.3) is 10.8 Å². The van der Waals surface area contributed by atoms with Gasteiger partial charge in [-0.1, -0.05) is 53.5 Å². The van der Waals surface area contributed by atoms with Crippen molar-refractivity contribution in [2.24, 2.45) is 0 Å². The van der Waals surface area contributed by atoms with Gasteiger partial charge in [-0.2, -0.15) is 0 Å². The van der Waals surface area contributed by atoms with Crippen LogP contribution in [0.2, 0.25) is 10.0 Å². The molecule has 0 unspecified atom stereocenters. The zero-order chi connectivity index (χ0) is 14.8. The average molecular weight is 338 g/mol. The lowest BCUT2D eigenvalue weighted by atomic mass is 10.1. The van der Waals surface area contributed by atoms with Crippen molar-refractivity contribution >= 4 is 45.6 Å². The second-order valence-electron chi connectivity index (χ2n) is 4.59. The van der Waals surface area contributed by atoms with Gasteiger partial charge in [-0.15, -0.1) is 11.6 Å². The highest BCUT2D eigenvalue weighted by Gasteiger charge is 2.09. The monoisotopic (exact) mass is 336 g/mol. The second kappa shape index (κ2) is 6.15. The highest BCUT2D eigenvalue weighted by atomic mass is 35.5. The SMILES string of the molecule is ClCc1ccc(Oc2ccc(Cl)c3ccccc23)c(Cl)c1. The number of fused-ring (bicyclic) bond motifs is 1. The molecule has 0 aromatic heterocycles. The third-order valence-electron chi connectivity index (χ3n) is 3.20. The van der Waals surface area contributed by atoms with E-state index in [-0.39, 0.29) is 0 Å². The molecule has 0 spiro atoms. The number of ether oxygens (including phenoxy) is 1. The van der Waals surface area contributed by atoms with Gasteiger partial charge in [-0.05, 0) is 29.8 Å². The predicted octanol–water partition coefficient (Wildman–Crippen LogP) is 6.68. The van der Waals surface area contributed by atoms with Crippen molar-refractivity contribution in [1.82, 2.24) is 0 Å². The van der Waals surface area contributed by atoms with Gasteiger partial charge in [0.05, 0.1) is 5.02 Å². The number of benzene rings is 3. The van der Waals surface area contributed by atoms with Crippen LogP contribution in [0, 0.1) is 0 Å². The Balaban J connectivity index is 2.04. The molecule has 3 rings (SSSR count). The van der Waals surface area contributed by atoms with Crippen LogP contribution in [-0.2, 0) is 5.88 Å². The van der Waals surface area contributed by atoms with Gasteiger partial charge in [0, 0.05) is 21.7 Å². The summed E-state index contributed by atoms with van der Waals surface area (Å²) in [5.41, 5.74) is 0.954. The molecule has 21 heavy (non-hydrogen) atoms. The van der Waals surface area contributed by atoms with E-state index in [1.807, 2.05) is 54.6 Å². The quantitative estimate of drug-likeness (QED) is 0.484. The maximum atomic E-state index is 6.23. The summed E-state index contributed by atoms with van der Waals surface area (Å²) in [4.78, 5) is 0. The van der Waals surface area contributed by atoms with Gasteiger partial charge in [-0.25, -0.2) is 0 Å². The maximum Gasteiger partial charge on any atom is 0.146 e. The zero-order valence-electron chi connectivity index (χ0n) is 10.9. The summed E-state index contributed by atoms with van der Waals surface area (Å²) in [6.07, 6.45) is 0. The molecule has 106 valence electrons. The summed E-state index contributed by atoms with van der Waals surface area (Å²) in [6, 6.07) is 17.0. The van der Waals surface area contributed by atoms with Crippen molar-refractivity contribution in [3.8, 4) is 11.5 Å². The minimum absolute atomic E-state index is 0.421. The maximum absolute atomic E-state index is 6.23. The van der Waals surface area contributed by atoms with E-state index < -0.39 is 0 Å². The summed E-state index contributed by atoms with van der Waals surface area (Å²) in [7, 11) is 0. The highest BCUT2D eigenvalue weighted by molar-refractivity contribution is 6.35. The lowest BCUT2D eigenvalue weighted by Gasteiger charge is -2.11. The third kappa shape index (κ3) is 2.96. The first-order valence-corrected chi connectivity index (χ1v) is 7.67. The lowest BCUT2D eigenvalue weighted by molar-refractivity contribution is 0.488. The number of hydrogen-bond donors (Lipinski definition) is 0. The largest absolute Gasteiger partial charge is 0.455 e. The Morgan fingerprint density at radius 3 is 2.19 bits per heavy atom. The van der Waals surface area contributed by atoms with Crippen molar-refractivity contribution in [1.29, 1.82) is 0 Å². The first-order valence-electron chi connectivity index (χ1n) is 6.38. The summed E-state index contributed by atoms with van der Waals surface area (Å²) in [5.74, 6) is 1.73. The van der Waals surface area contributed by atoms with Crippen molar-refractivity contribution in [3.05, 3.63) is 70.2 Å². The summed E-state index contributed by atoms with van der Waals surface area (Å²) >= 11 is 18.2. The Morgan fingerprint density at radius 1 is 0.762 bits per heavy atom. The number of halogens is 3. The van der Waals surface area contributed by atoms with Gasteiger partial charge < -0.3 is 4.74 Å². The van der Waals surface area contributed by atoms with Crippen LogP contribution in [0.3, 0.4) is 0 Å². The van der Waals surface area contributed by atoms with Gasteiger partial charge in [0.1, 0.15) is 11.5 Å². The van der Waals surface area contributed by atoms with Gasteiger partial charge >= 0.3 is 0 Å². The molecule has 0 saturated carbocycles.